The molecule has 0 radical (unpaired) electrons. The summed E-state index contributed by atoms with van der Waals surface area (Å²) in [5, 5.41) is 9.48. The van der Waals surface area contributed by atoms with Gasteiger partial charge < -0.3 is 23.8 Å². The van der Waals surface area contributed by atoms with Gasteiger partial charge in [0, 0.05) is 32.4 Å². The number of hydrogen-bond donors (Lipinski definition) is 1. The molecule has 2 aliphatic heterocycles. The van der Waals surface area contributed by atoms with Gasteiger partial charge in [0.15, 0.2) is 22.4 Å². The van der Waals surface area contributed by atoms with E-state index >= 15 is 0 Å². The molecule has 2 heterocycles. The molecule has 1 aliphatic carbocycles. The lowest BCUT2D eigenvalue weighted by Crippen LogP contribution is -2.51. The van der Waals surface area contributed by atoms with Crippen LogP contribution in [0.1, 0.15) is 147 Å². The van der Waals surface area contributed by atoms with Gasteiger partial charge >= 0.3 is 0 Å². The summed E-state index contributed by atoms with van der Waals surface area (Å²) in [6.45, 7) is 29.9. The maximum Gasteiger partial charge on any atom is 0.223 e. The Morgan fingerprint density at radius 2 is 1.14 bits per heavy atom. The first-order valence-electron chi connectivity index (χ1n) is 20.6. The van der Waals surface area contributed by atoms with Crippen molar-refractivity contribution in [1.29, 1.82) is 0 Å². The molecular formula is C41H78N2O6Si2. The molecule has 0 aromatic rings. The number of ketones is 1. The van der Waals surface area contributed by atoms with E-state index in [0.29, 0.717) is 78.8 Å². The van der Waals surface area contributed by atoms with E-state index < -0.39 is 16.6 Å². The Morgan fingerprint density at radius 1 is 0.706 bits per heavy atom. The fourth-order valence-corrected chi connectivity index (χ4v) is 20.5. The Morgan fingerprint density at radius 3 is 1.57 bits per heavy atom. The van der Waals surface area contributed by atoms with E-state index in [2.05, 4.69) is 83.1 Å². The van der Waals surface area contributed by atoms with Crippen molar-refractivity contribution >= 4 is 34.2 Å². The van der Waals surface area contributed by atoms with Gasteiger partial charge in [0.25, 0.3) is 0 Å². The zero-order valence-corrected chi connectivity index (χ0v) is 36.8. The summed E-state index contributed by atoms with van der Waals surface area (Å²) in [6, 6.07) is 0.0241. The number of hydrogen-bond acceptors (Lipinski definition) is 6. The molecule has 3 fully saturated rings. The second-order valence-corrected chi connectivity index (χ2v) is 28.4. The van der Waals surface area contributed by atoms with Crippen LogP contribution in [0.4, 0.5) is 0 Å². The molecule has 1 N–H and O–H groups in total. The molecular weight excluding hydrogens is 673 g/mol. The van der Waals surface area contributed by atoms with E-state index in [0.717, 1.165) is 38.0 Å². The smallest absolute Gasteiger partial charge is 0.223 e. The van der Waals surface area contributed by atoms with Crippen LogP contribution in [-0.4, -0.2) is 94.1 Å². The van der Waals surface area contributed by atoms with Gasteiger partial charge in [-0.15, -0.1) is 0 Å². The lowest BCUT2D eigenvalue weighted by Gasteiger charge is -2.43. The number of aliphatic hydroxyl groups excluding tert-OH is 1. The largest absolute Gasteiger partial charge is 0.414 e. The molecule has 2 saturated heterocycles. The van der Waals surface area contributed by atoms with E-state index in [1.807, 2.05) is 15.9 Å². The van der Waals surface area contributed by atoms with E-state index in [1.165, 1.54) is 12.8 Å². The predicted molar refractivity (Wildman–Crippen MR) is 216 cm³/mol. The highest BCUT2D eigenvalue weighted by atomic mass is 28.4. The number of carbonyl (C=O) groups is 3. The van der Waals surface area contributed by atoms with Crippen molar-refractivity contribution in [2.75, 3.05) is 32.9 Å². The van der Waals surface area contributed by atoms with Gasteiger partial charge in [0.2, 0.25) is 11.8 Å². The second-order valence-electron chi connectivity index (χ2n) is 17.5. The Hall–Kier alpha value is -1.34. The summed E-state index contributed by atoms with van der Waals surface area (Å²) in [4.78, 5) is 40.6. The maximum atomic E-state index is 12.6. The van der Waals surface area contributed by atoms with Crippen LogP contribution in [0.15, 0.2) is 12.2 Å². The van der Waals surface area contributed by atoms with Crippen LogP contribution in [0, 0.1) is 5.92 Å². The van der Waals surface area contributed by atoms with Gasteiger partial charge in [-0.2, -0.15) is 0 Å². The van der Waals surface area contributed by atoms with Crippen molar-refractivity contribution in [3.05, 3.63) is 12.2 Å². The van der Waals surface area contributed by atoms with Gasteiger partial charge in [-0.3, -0.25) is 14.4 Å². The third kappa shape index (κ3) is 12.6. The Kier molecular flexibility index (Phi) is 19.3. The first-order chi connectivity index (χ1) is 23.9. The van der Waals surface area contributed by atoms with Crippen LogP contribution in [0.2, 0.25) is 33.2 Å². The predicted octanol–water partition coefficient (Wildman–Crippen LogP) is 9.43. The number of amides is 2. The number of rotatable bonds is 20. The molecule has 2 atom stereocenters. The fourth-order valence-electron chi connectivity index (χ4n) is 9.62. The van der Waals surface area contributed by atoms with Crippen LogP contribution in [0.25, 0.3) is 0 Å². The number of likely N-dealkylation sites (tertiary alicyclic amines) is 2. The van der Waals surface area contributed by atoms with Gasteiger partial charge in [-0.1, -0.05) is 102 Å². The molecule has 10 heteroatoms. The molecule has 0 aromatic heterocycles. The van der Waals surface area contributed by atoms with Gasteiger partial charge in [-0.25, -0.2) is 0 Å². The van der Waals surface area contributed by atoms with Crippen LogP contribution < -0.4 is 0 Å². The highest BCUT2D eigenvalue weighted by molar-refractivity contribution is 6.78. The van der Waals surface area contributed by atoms with Crippen LogP contribution in [0.3, 0.4) is 0 Å². The zero-order chi connectivity index (χ0) is 38.5. The molecule has 0 spiro atoms. The summed E-state index contributed by atoms with van der Waals surface area (Å²) in [7, 11) is -3.79. The molecule has 51 heavy (non-hydrogen) atoms. The molecule has 3 aliphatic rings. The van der Waals surface area contributed by atoms with Crippen LogP contribution in [-0.2, 0) is 23.2 Å². The van der Waals surface area contributed by atoms with E-state index in [1.54, 1.807) is 6.08 Å². The normalized spacial score (nSPS) is 20.9. The topological polar surface area (TPSA) is 96.4 Å². The molecule has 3 rings (SSSR count). The molecule has 0 bridgehead atoms. The first-order valence-corrected chi connectivity index (χ1v) is 24.9. The van der Waals surface area contributed by atoms with Crippen molar-refractivity contribution in [1.82, 2.24) is 9.80 Å². The van der Waals surface area contributed by atoms with Gasteiger partial charge in [-0.05, 0) is 77.3 Å². The van der Waals surface area contributed by atoms with Crippen LogP contribution >= 0.6 is 0 Å². The van der Waals surface area contributed by atoms with Crippen LogP contribution in [0.5, 0.6) is 0 Å². The quantitative estimate of drug-likeness (QED) is 0.0984. The zero-order valence-electron chi connectivity index (χ0n) is 34.8. The molecule has 0 aromatic carbocycles. The fraction of sp³-hybridized carbons (Fsp3) is 0.878. The highest BCUT2D eigenvalue weighted by Crippen LogP contribution is 2.43. The second kappa shape index (κ2) is 21.5. The summed E-state index contributed by atoms with van der Waals surface area (Å²) in [6.07, 6.45) is 12.8. The Bertz CT molecular complexity index is 1060. The molecule has 2 amide bonds. The SMILES string of the molecule is CC(C)[Si](OCCN1C(=O)CCC[C@@H]1/C=C/C(=O)CCC1CC1)(C(C)C)C(C)C.CC(C)[Si](OCCN1C(=O)CCC[C@@H]1CO)(C(C)C)C(C)C. The Labute approximate surface area is 315 Å². The summed E-state index contributed by atoms with van der Waals surface area (Å²) < 4.78 is 13.2. The standard InChI is InChI=1S/C24H43NO3Si.C17H35NO3Si/c1-18(2)29(19(3)4,20(5)6)28-17-16-25-22(8-7-9-24(25)27)13-15-23(26)14-12-21-10-11-21;1-13(2)22(14(3)4,15(5)6)21-11-10-18-16(12-19)8-7-9-17(18)20/h13,15,18-22H,7-12,14,16-17H2,1-6H3;13-16,19H,7-12H2,1-6H3/b15-13+;/t22-;16-/m11/s1. The van der Waals surface area contributed by atoms with Crippen molar-refractivity contribution in [3.8, 4) is 0 Å². The van der Waals surface area contributed by atoms with E-state index in [-0.39, 0.29) is 36.3 Å². The Balaban J connectivity index is 0.000000368. The number of allylic oxidation sites excluding steroid dienone is 1. The average Bonchev–Trinajstić information content (AvgIpc) is 3.88. The van der Waals surface area contributed by atoms with Crippen molar-refractivity contribution in [2.45, 2.75) is 193 Å². The third-order valence-electron chi connectivity index (χ3n) is 12.3. The molecule has 296 valence electrons. The first kappa shape index (κ1) is 45.8. The lowest BCUT2D eigenvalue weighted by molar-refractivity contribution is -0.138. The van der Waals surface area contributed by atoms with Crippen molar-refractivity contribution in [2.24, 2.45) is 5.92 Å². The number of piperidine rings is 2. The molecule has 8 nitrogen and oxygen atoms in total. The molecule has 0 unspecified atom stereocenters. The monoisotopic (exact) mass is 751 g/mol. The van der Waals surface area contributed by atoms with Crippen molar-refractivity contribution < 1.29 is 28.3 Å². The van der Waals surface area contributed by atoms with Crippen molar-refractivity contribution in [3.63, 3.8) is 0 Å². The highest BCUT2D eigenvalue weighted by Gasteiger charge is 2.46. The number of nitrogens with zero attached hydrogens (tertiary/aromatic N) is 2. The minimum Gasteiger partial charge on any atom is -0.414 e. The van der Waals surface area contributed by atoms with Gasteiger partial charge in [0.05, 0.1) is 31.9 Å². The summed E-state index contributed by atoms with van der Waals surface area (Å²) in [5.74, 6) is 1.35. The van der Waals surface area contributed by atoms with Gasteiger partial charge in [0.1, 0.15) is 0 Å². The minimum absolute atomic E-state index is 0.0157. The summed E-state index contributed by atoms with van der Waals surface area (Å²) >= 11 is 0. The van der Waals surface area contributed by atoms with E-state index in [9.17, 15) is 19.5 Å². The summed E-state index contributed by atoms with van der Waals surface area (Å²) in [5.41, 5.74) is 3.28. The lowest BCUT2D eigenvalue weighted by atomic mass is 10.0. The number of aliphatic hydroxyl groups is 1. The third-order valence-corrected chi connectivity index (χ3v) is 24.5. The average molecular weight is 751 g/mol. The minimum atomic E-state index is -1.92. The van der Waals surface area contributed by atoms with E-state index in [4.69, 9.17) is 8.85 Å². The molecule has 1 saturated carbocycles. The number of carbonyl (C=O) groups excluding carboxylic acids is 3. The maximum absolute atomic E-state index is 12.6.